The maximum atomic E-state index is 13.9. The Hall–Kier alpha value is -3.77. The molecule has 1 aromatic heterocycles. The van der Waals surface area contributed by atoms with Crippen LogP contribution in [-0.2, 0) is 6.42 Å². The first-order chi connectivity index (χ1) is 18.4. The van der Waals surface area contributed by atoms with Gasteiger partial charge in [0, 0.05) is 17.2 Å². The molecule has 0 amide bonds. The maximum Gasteiger partial charge on any atom is 0.312 e. The van der Waals surface area contributed by atoms with E-state index in [-0.39, 0.29) is 5.56 Å². The highest BCUT2D eigenvalue weighted by Gasteiger charge is 2.34. The molecule has 190 valence electrons. The maximum absolute atomic E-state index is 13.9. The molecule has 3 aromatic carbocycles. The summed E-state index contributed by atoms with van der Waals surface area (Å²) in [4.78, 5) is 30.3. The van der Waals surface area contributed by atoms with Gasteiger partial charge in [0.2, 0.25) is 5.75 Å². The number of benzene rings is 3. The second-order valence-electron chi connectivity index (χ2n) is 8.98. The Morgan fingerprint density at radius 1 is 1.18 bits per heavy atom. The number of phenolic OH excluding ortho intramolecular Hbond substituents is 1. The fraction of sp³-hybridized carbons (Fsp3) is 0.143. The van der Waals surface area contributed by atoms with Gasteiger partial charge in [-0.3, -0.25) is 19.5 Å². The molecule has 0 saturated heterocycles. The fourth-order valence-electron chi connectivity index (χ4n) is 5.17. The fourth-order valence-corrected chi connectivity index (χ4v) is 6.81. The zero-order valence-corrected chi connectivity index (χ0v) is 23.0. The summed E-state index contributed by atoms with van der Waals surface area (Å²) in [6.45, 7) is 0. The molecule has 8 nitrogen and oxygen atoms in total. The topological polar surface area (TPSA) is 107 Å². The van der Waals surface area contributed by atoms with Crippen LogP contribution >= 0.6 is 33.9 Å². The van der Waals surface area contributed by atoms with Gasteiger partial charge in [0.05, 0.1) is 31.9 Å². The van der Waals surface area contributed by atoms with Gasteiger partial charge in [0.15, 0.2) is 4.80 Å². The van der Waals surface area contributed by atoms with Crippen molar-refractivity contribution in [3.05, 3.63) is 122 Å². The summed E-state index contributed by atoms with van der Waals surface area (Å²) in [5.41, 5.74) is 4.91. The van der Waals surface area contributed by atoms with Crippen molar-refractivity contribution in [1.29, 1.82) is 0 Å². The molecule has 10 heteroatoms. The number of nitro benzene ring substituents is 1. The molecule has 1 aliphatic heterocycles. The third-order valence-corrected chi connectivity index (χ3v) is 8.67. The van der Waals surface area contributed by atoms with E-state index in [2.05, 4.69) is 12.1 Å². The van der Waals surface area contributed by atoms with Crippen molar-refractivity contribution in [3.63, 3.8) is 0 Å². The number of hydrogen-bond acceptors (Lipinski definition) is 7. The largest absolute Gasteiger partial charge is 0.501 e. The molecular formula is C28H20IN3O5S. The quantitative estimate of drug-likeness (QED) is 0.201. The van der Waals surface area contributed by atoms with Crippen LogP contribution in [-0.4, -0.2) is 21.7 Å². The van der Waals surface area contributed by atoms with E-state index in [1.165, 1.54) is 23.0 Å². The van der Waals surface area contributed by atoms with Crippen LogP contribution < -0.4 is 19.6 Å². The number of methoxy groups -OCH3 is 1. The minimum Gasteiger partial charge on any atom is -0.501 e. The number of ether oxygens (including phenoxy) is 1. The lowest BCUT2D eigenvalue weighted by molar-refractivity contribution is -0.386. The number of halogens is 1. The summed E-state index contributed by atoms with van der Waals surface area (Å²) in [5.74, 6) is 0.292. The Bertz CT molecular complexity index is 1860. The molecule has 4 aromatic rings. The second-order valence-corrected chi connectivity index (χ2v) is 11.2. The molecule has 38 heavy (non-hydrogen) atoms. The van der Waals surface area contributed by atoms with Gasteiger partial charge in [0.1, 0.15) is 5.75 Å². The first kappa shape index (κ1) is 24.6. The number of aromatic hydroxyl groups is 1. The predicted molar refractivity (Wildman–Crippen MR) is 153 cm³/mol. The van der Waals surface area contributed by atoms with Crippen LogP contribution in [0.25, 0.3) is 11.8 Å². The van der Waals surface area contributed by atoms with Crippen LogP contribution in [0.4, 0.5) is 5.69 Å². The first-order valence-electron chi connectivity index (χ1n) is 11.8. The van der Waals surface area contributed by atoms with E-state index in [0.717, 1.165) is 35.2 Å². The van der Waals surface area contributed by atoms with Crippen LogP contribution in [0.2, 0.25) is 0 Å². The van der Waals surface area contributed by atoms with Crippen molar-refractivity contribution in [2.24, 2.45) is 4.99 Å². The lowest BCUT2D eigenvalue weighted by Crippen LogP contribution is -2.39. The lowest BCUT2D eigenvalue weighted by atomic mass is 9.83. The predicted octanol–water partition coefficient (Wildman–Crippen LogP) is 4.55. The minimum absolute atomic E-state index is 0.235. The molecular weight excluding hydrogens is 617 g/mol. The number of allylic oxidation sites excluding steroid dienone is 1. The molecule has 2 heterocycles. The SMILES string of the molecule is COc1ccccc1[C@@H]1C2=C(N=c3s/c(=C/c4cc(I)c(O)c([N+](=O)[O-])c4)c(=O)n31)c1ccccc1CC2. The highest BCUT2D eigenvalue weighted by Crippen LogP contribution is 2.43. The molecule has 0 spiro atoms. The van der Waals surface area contributed by atoms with Gasteiger partial charge in [-0.1, -0.05) is 53.8 Å². The van der Waals surface area contributed by atoms with E-state index >= 15 is 0 Å². The molecule has 2 aliphatic rings. The number of thiazole rings is 1. The van der Waals surface area contributed by atoms with E-state index in [9.17, 15) is 20.0 Å². The normalized spacial score (nSPS) is 16.4. The number of aromatic nitrogens is 1. The third-order valence-electron chi connectivity index (χ3n) is 6.87. The van der Waals surface area contributed by atoms with E-state index in [1.807, 2.05) is 59.0 Å². The Labute approximate surface area is 234 Å². The van der Waals surface area contributed by atoms with Gasteiger partial charge >= 0.3 is 5.69 Å². The van der Waals surface area contributed by atoms with Gasteiger partial charge in [-0.15, -0.1) is 0 Å². The Balaban J connectivity index is 1.63. The van der Waals surface area contributed by atoms with E-state index < -0.39 is 22.4 Å². The highest BCUT2D eigenvalue weighted by atomic mass is 127. The second kappa shape index (κ2) is 9.52. The van der Waals surface area contributed by atoms with Crippen molar-refractivity contribution >= 4 is 51.4 Å². The standard InChI is InChI=1S/C28H20IN3O5S/c1-37-22-9-5-4-8-18(22)25-19-11-10-16-6-2-3-7-17(16)24(19)30-28-31(25)27(34)23(38-28)14-15-12-20(29)26(33)21(13-15)32(35)36/h2-9,12-14,25,33H,10-11H2,1H3/b23-14+/t25-/m1/s1. The van der Waals surface area contributed by atoms with Crippen molar-refractivity contribution in [3.8, 4) is 11.5 Å². The van der Waals surface area contributed by atoms with E-state index in [0.29, 0.717) is 24.2 Å². The number of phenols is 1. The van der Waals surface area contributed by atoms with Gasteiger partial charge < -0.3 is 9.84 Å². The monoisotopic (exact) mass is 637 g/mol. The summed E-state index contributed by atoms with van der Waals surface area (Å²) >= 11 is 3.09. The molecule has 0 radical (unpaired) electrons. The molecule has 0 unspecified atom stereocenters. The van der Waals surface area contributed by atoms with Crippen molar-refractivity contribution in [2.45, 2.75) is 18.9 Å². The molecule has 0 fully saturated rings. The van der Waals surface area contributed by atoms with Gasteiger partial charge in [-0.25, -0.2) is 4.99 Å². The number of fused-ring (bicyclic) bond motifs is 3. The van der Waals surface area contributed by atoms with E-state index in [1.54, 1.807) is 23.8 Å². The molecule has 0 bridgehead atoms. The van der Waals surface area contributed by atoms with Crippen molar-refractivity contribution in [1.82, 2.24) is 4.57 Å². The van der Waals surface area contributed by atoms with Crippen LogP contribution in [0.5, 0.6) is 11.5 Å². The molecule has 1 N–H and O–H groups in total. The Morgan fingerprint density at radius 3 is 2.74 bits per heavy atom. The number of nitro groups is 1. The average Bonchev–Trinajstić information content (AvgIpc) is 3.23. The minimum atomic E-state index is -0.635. The number of para-hydroxylation sites is 1. The van der Waals surface area contributed by atoms with Crippen LogP contribution in [0, 0.1) is 13.7 Å². The zero-order chi connectivity index (χ0) is 26.6. The van der Waals surface area contributed by atoms with Crippen molar-refractivity contribution < 1.29 is 14.8 Å². The molecule has 0 saturated carbocycles. The van der Waals surface area contributed by atoms with Crippen LogP contribution in [0.15, 0.2) is 76.0 Å². The summed E-state index contributed by atoms with van der Waals surface area (Å²) in [5, 5.41) is 21.5. The third kappa shape index (κ3) is 3.95. The molecule has 1 aliphatic carbocycles. The van der Waals surface area contributed by atoms with Crippen molar-refractivity contribution in [2.75, 3.05) is 7.11 Å². The van der Waals surface area contributed by atoms with Crippen LogP contribution in [0.3, 0.4) is 0 Å². The lowest BCUT2D eigenvalue weighted by Gasteiger charge is -2.31. The molecule has 6 rings (SSSR count). The summed E-state index contributed by atoms with van der Waals surface area (Å²) < 4.78 is 8.14. The number of aryl methyl sites for hydroxylation is 1. The summed E-state index contributed by atoms with van der Waals surface area (Å²) in [7, 11) is 1.62. The van der Waals surface area contributed by atoms with Crippen LogP contribution in [0.1, 0.15) is 34.7 Å². The first-order valence-corrected chi connectivity index (χ1v) is 13.7. The van der Waals surface area contributed by atoms with Gasteiger partial charge in [-0.2, -0.15) is 0 Å². The van der Waals surface area contributed by atoms with E-state index in [4.69, 9.17) is 9.73 Å². The molecule has 1 atom stereocenters. The summed E-state index contributed by atoms with van der Waals surface area (Å²) in [6.07, 6.45) is 3.22. The average molecular weight is 637 g/mol. The summed E-state index contributed by atoms with van der Waals surface area (Å²) in [6, 6.07) is 18.4. The number of nitrogens with zero attached hydrogens (tertiary/aromatic N) is 3. The van der Waals surface area contributed by atoms with Gasteiger partial charge in [-0.05, 0) is 70.3 Å². The zero-order valence-electron chi connectivity index (χ0n) is 20.1. The van der Waals surface area contributed by atoms with Gasteiger partial charge in [0.25, 0.3) is 5.56 Å². The number of hydrogen-bond donors (Lipinski definition) is 1. The highest BCUT2D eigenvalue weighted by molar-refractivity contribution is 14.1. The smallest absolute Gasteiger partial charge is 0.312 e. The Morgan fingerprint density at radius 2 is 1.95 bits per heavy atom. The number of rotatable bonds is 4. The Kier molecular flexibility index (Phi) is 6.15.